The lowest BCUT2D eigenvalue weighted by molar-refractivity contribution is -0.135. The Kier molecular flexibility index (Phi) is 7.68. The number of halogens is 1. The van der Waals surface area contributed by atoms with Crippen LogP contribution in [0.1, 0.15) is 23.2 Å². The number of anilines is 1. The van der Waals surface area contributed by atoms with E-state index in [2.05, 4.69) is 20.6 Å². The molecule has 13 heteroatoms. The van der Waals surface area contributed by atoms with Crippen LogP contribution in [-0.4, -0.2) is 81.5 Å². The van der Waals surface area contributed by atoms with Gasteiger partial charge in [-0.25, -0.2) is 9.18 Å². The summed E-state index contributed by atoms with van der Waals surface area (Å²) < 4.78 is 21.5. The number of aliphatic hydroxyl groups excluding tert-OH is 1. The highest BCUT2D eigenvalue weighted by atomic mass is 32.1. The van der Waals surface area contributed by atoms with Gasteiger partial charge in [-0.3, -0.25) is 19.6 Å². The Morgan fingerprint density at radius 2 is 1.79 bits per heavy atom. The van der Waals surface area contributed by atoms with E-state index in [1.807, 2.05) is 6.07 Å². The Balaban J connectivity index is 1.14. The smallest absolute Gasteiger partial charge is 0.319 e. The van der Waals surface area contributed by atoms with Crippen LogP contribution in [0.2, 0.25) is 0 Å². The highest BCUT2D eigenvalue weighted by Crippen LogP contribution is 2.39. The molecular formula is C29H27FN6O5S. The summed E-state index contributed by atoms with van der Waals surface area (Å²) >= 11 is 1.38. The summed E-state index contributed by atoms with van der Waals surface area (Å²) in [6, 6.07) is 11.0. The molecule has 4 heterocycles. The van der Waals surface area contributed by atoms with Crippen LogP contribution >= 0.6 is 11.3 Å². The largest absolute Gasteiger partial charge is 0.453 e. The van der Waals surface area contributed by atoms with Gasteiger partial charge in [0.15, 0.2) is 11.6 Å². The van der Waals surface area contributed by atoms with E-state index in [9.17, 15) is 18.8 Å². The molecule has 1 aliphatic heterocycles. The van der Waals surface area contributed by atoms with Gasteiger partial charge >= 0.3 is 6.03 Å². The van der Waals surface area contributed by atoms with Gasteiger partial charge in [-0.15, -0.1) is 11.3 Å². The van der Waals surface area contributed by atoms with Gasteiger partial charge in [0.1, 0.15) is 12.4 Å². The van der Waals surface area contributed by atoms with E-state index in [1.54, 1.807) is 35.4 Å². The minimum Gasteiger partial charge on any atom is -0.453 e. The standard InChI is InChI=1S/C29H27FN6O5S/c30-20-13-19(34-29(40)33-18-2-3-18)4-6-23(20)41-24-7-8-31-22-14-25(42-27(22)24)21-5-1-17(15-32-21)28(39)36-11-9-35(10-12-36)26(38)16-37/h1,4-8,13-15,18,37H,2-3,9-12,16H2,(H2,33,34,40). The van der Waals surface area contributed by atoms with Crippen molar-refractivity contribution in [1.82, 2.24) is 25.1 Å². The van der Waals surface area contributed by atoms with Crippen molar-refractivity contribution in [2.75, 3.05) is 38.1 Å². The van der Waals surface area contributed by atoms with Crippen LogP contribution in [0.3, 0.4) is 0 Å². The van der Waals surface area contributed by atoms with Gasteiger partial charge in [-0.05, 0) is 43.2 Å². The van der Waals surface area contributed by atoms with Crippen LogP contribution in [-0.2, 0) is 4.79 Å². The van der Waals surface area contributed by atoms with Gasteiger partial charge in [0.25, 0.3) is 5.91 Å². The number of nitrogens with one attached hydrogen (secondary N) is 2. The molecule has 1 saturated heterocycles. The SMILES string of the molecule is O=C(Nc1ccc(Oc2ccnc3cc(-c4ccc(C(=O)N5CCN(C(=O)CO)CC5)cn4)sc23)c(F)c1)NC1CC1. The molecule has 2 fully saturated rings. The van der Waals surface area contributed by atoms with Crippen molar-refractivity contribution in [2.24, 2.45) is 0 Å². The Bertz CT molecular complexity index is 1650. The van der Waals surface area contributed by atoms with Crippen molar-refractivity contribution >= 4 is 45.1 Å². The van der Waals surface area contributed by atoms with E-state index in [0.29, 0.717) is 59.1 Å². The van der Waals surface area contributed by atoms with Crippen LogP contribution in [0, 0.1) is 5.82 Å². The zero-order chi connectivity index (χ0) is 29.2. The van der Waals surface area contributed by atoms with Gasteiger partial charge in [0, 0.05) is 62.4 Å². The number of aliphatic hydroxyl groups is 1. The molecule has 4 amide bonds. The molecule has 2 aliphatic rings. The molecule has 0 bridgehead atoms. The molecule has 0 unspecified atom stereocenters. The second-order valence-electron chi connectivity index (χ2n) is 10.0. The summed E-state index contributed by atoms with van der Waals surface area (Å²) in [5.74, 6) is -0.708. The quantitative estimate of drug-likeness (QED) is 0.297. The number of rotatable bonds is 7. The Morgan fingerprint density at radius 1 is 1.00 bits per heavy atom. The zero-order valence-electron chi connectivity index (χ0n) is 22.4. The number of amides is 4. The highest BCUT2D eigenvalue weighted by molar-refractivity contribution is 7.22. The summed E-state index contributed by atoms with van der Waals surface area (Å²) in [6.07, 6.45) is 5.01. The predicted molar refractivity (Wildman–Crippen MR) is 154 cm³/mol. The molecule has 0 atom stereocenters. The maximum absolute atomic E-state index is 14.9. The van der Waals surface area contributed by atoms with E-state index in [0.717, 1.165) is 17.7 Å². The molecule has 1 aromatic carbocycles. The number of pyridine rings is 2. The molecule has 1 aliphatic carbocycles. The number of ether oxygens (including phenoxy) is 1. The fraction of sp³-hybridized carbons (Fsp3) is 0.276. The van der Waals surface area contributed by atoms with Gasteiger partial charge in [0.05, 0.1) is 26.4 Å². The second-order valence-corrected chi connectivity index (χ2v) is 11.1. The van der Waals surface area contributed by atoms with Gasteiger partial charge in [0.2, 0.25) is 5.91 Å². The maximum Gasteiger partial charge on any atom is 0.319 e. The van der Waals surface area contributed by atoms with E-state index < -0.39 is 12.4 Å². The minimum absolute atomic E-state index is 0.00755. The molecule has 4 aromatic rings. The number of urea groups is 1. The average molecular weight is 591 g/mol. The molecule has 6 rings (SSSR count). The third-order valence-electron chi connectivity index (χ3n) is 7.02. The van der Waals surface area contributed by atoms with Gasteiger partial charge in [-0.1, -0.05) is 0 Å². The summed E-state index contributed by atoms with van der Waals surface area (Å²) in [7, 11) is 0. The number of benzene rings is 1. The second kappa shape index (κ2) is 11.7. The first-order valence-corrected chi connectivity index (χ1v) is 14.3. The van der Waals surface area contributed by atoms with Crippen molar-refractivity contribution in [1.29, 1.82) is 0 Å². The van der Waals surface area contributed by atoms with E-state index in [-0.39, 0.29) is 29.6 Å². The number of fused-ring (bicyclic) bond motifs is 1. The maximum atomic E-state index is 14.9. The summed E-state index contributed by atoms with van der Waals surface area (Å²) in [6.45, 7) is 0.972. The van der Waals surface area contributed by atoms with Crippen LogP contribution < -0.4 is 15.4 Å². The molecule has 0 spiro atoms. The topological polar surface area (TPSA) is 137 Å². The van der Waals surface area contributed by atoms with Crippen molar-refractivity contribution in [3.05, 3.63) is 66.2 Å². The van der Waals surface area contributed by atoms with Crippen LogP contribution in [0.15, 0.2) is 54.9 Å². The predicted octanol–water partition coefficient (Wildman–Crippen LogP) is 3.85. The van der Waals surface area contributed by atoms with E-state index >= 15 is 0 Å². The van der Waals surface area contributed by atoms with Crippen LogP contribution in [0.25, 0.3) is 20.8 Å². The number of carbonyl (C=O) groups excluding carboxylic acids is 3. The van der Waals surface area contributed by atoms with E-state index in [1.165, 1.54) is 34.6 Å². The lowest BCUT2D eigenvalue weighted by atomic mass is 10.2. The minimum atomic E-state index is -0.621. The number of carbonyl (C=O) groups is 3. The van der Waals surface area contributed by atoms with Gasteiger partial charge in [-0.2, -0.15) is 0 Å². The van der Waals surface area contributed by atoms with Gasteiger partial charge < -0.3 is 30.3 Å². The number of hydrogen-bond donors (Lipinski definition) is 3. The number of piperazine rings is 1. The number of aromatic nitrogens is 2. The summed E-state index contributed by atoms with van der Waals surface area (Å²) in [5, 5.41) is 14.5. The third-order valence-corrected chi connectivity index (χ3v) is 8.18. The molecule has 3 aromatic heterocycles. The fourth-order valence-electron chi connectivity index (χ4n) is 4.59. The molecule has 0 radical (unpaired) electrons. The average Bonchev–Trinajstić information content (AvgIpc) is 3.71. The van der Waals surface area contributed by atoms with Crippen LogP contribution in [0.5, 0.6) is 11.5 Å². The van der Waals surface area contributed by atoms with Crippen molar-refractivity contribution < 1.29 is 28.6 Å². The number of thiophene rings is 1. The lowest BCUT2D eigenvalue weighted by Gasteiger charge is -2.34. The first-order chi connectivity index (χ1) is 20.4. The normalized spacial score (nSPS) is 15.0. The molecule has 42 heavy (non-hydrogen) atoms. The zero-order valence-corrected chi connectivity index (χ0v) is 23.2. The first-order valence-electron chi connectivity index (χ1n) is 13.5. The highest BCUT2D eigenvalue weighted by Gasteiger charge is 2.25. The molecule has 216 valence electrons. The Labute approximate surface area is 243 Å². The van der Waals surface area contributed by atoms with Crippen molar-refractivity contribution in [3.63, 3.8) is 0 Å². The molecule has 1 saturated carbocycles. The Morgan fingerprint density at radius 3 is 2.48 bits per heavy atom. The van der Waals surface area contributed by atoms with Crippen LogP contribution in [0.4, 0.5) is 14.9 Å². The van der Waals surface area contributed by atoms with E-state index in [4.69, 9.17) is 9.84 Å². The number of hydrogen-bond acceptors (Lipinski definition) is 8. The molecule has 3 N–H and O–H groups in total. The Hall–Kier alpha value is -4.62. The first kappa shape index (κ1) is 27.5. The monoisotopic (exact) mass is 590 g/mol. The molecule has 11 nitrogen and oxygen atoms in total. The van der Waals surface area contributed by atoms with Crippen molar-refractivity contribution in [2.45, 2.75) is 18.9 Å². The third kappa shape index (κ3) is 6.02. The number of nitrogens with zero attached hydrogens (tertiary/aromatic N) is 4. The summed E-state index contributed by atoms with van der Waals surface area (Å²) in [4.78, 5) is 49.5. The summed E-state index contributed by atoms with van der Waals surface area (Å²) in [5.41, 5.74) is 2.05. The lowest BCUT2D eigenvalue weighted by Crippen LogP contribution is -2.51. The fourth-order valence-corrected chi connectivity index (χ4v) is 5.63. The van der Waals surface area contributed by atoms with Crippen molar-refractivity contribution in [3.8, 4) is 22.1 Å². The molecular weight excluding hydrogens is 563 g/mol.